The number of hydrogen-bond donors (Lipinski definition) is 0. The van der Waals surface area contributed by atoms with E-state index >= 15 is 0 Å². The highest BCUT2D eigenvalue weighted by Gasteiger charge is 2.45. The Morgan fingerprint density at radius 1 is 0.722 bits per heavy atom. The molecule has 0 saturated carbocycles. The van der Waals surface area contributed by atoms with Crippen LogP contribution in [0.15, 0.2) is 12.1 Å². The van der Waals surface area contributed by atoms with Crippen LogP contribution in [0.25, 0.3) is 0 Å². The molecule has 1 rings (SSSR count). The van der Waals surface area contributed by atoms with Gasteiger partial charge in [0.05, 0.1) is 16.7 Å². The SMILES string of the molecule is FC(F)(F)c1c[c]c(C(F)(F)F)c(C(F)(F)F)c1. The summed E-state index contributed by atoms with van der Waals surface area (Å²) in [5, 5.41) is 0. The third-order valence-corrected chi connectivity index (χ3v) is 1.86. The van der Waals surface area contributed by atoms with Gasteiger partial charge < -0.3 is 0 Å². The summed E-state index contributed by atoms with van der Waals surface area (Å²) in [6.07, 6.45) is -16.2. The van der Waals surface area contributed by atoms with E-state index in [1.807, 2.05) is 0 Å². The fraction of sp³-hybridized carbons (Fsp3) is 0.333. The van der Waals surface area contributed by atoms with Crippen molar-refractivity contribution in [3.8, 4) is 0 Å². The smallest absolute Gasteiger partial charge is 0.166 e. The minimum absolute atomic E-state index is 0.169. The Balaban J connectivity index is 3.50. The van der Waals surface area contributed by atoms with Gasteiger partial charge in [-0.3, -0.25) is 0 Å². The van der Waals surface area contributed by atoms with Crippen molar-refractivity contribution in [1.29, 1.82) is 0 Å². The average molecular weight is 281 g/mol. The summed E-state index contributed by atoms with van der Waals surface area (Å²) in [6.45, 7) is 0. The summed E-state index contributed by atoms with van der Waals surface area (Å²) in [5.41, 5.74) is -6.53. The first kappa shape index (κ1) is 14.7. The minimum atomic E-state index is -5.55. The summed E-state index contributed by atoms with van der Waals surface area (Å²) in [7, 11) is 0. The van der Waals surface area contributed by atoms with Crippen LogP contribution in [-0.4, -0.2) is 0 Å². The summed E-state index contributed by atoms with van der Waals surface area (Å²) >= 11 is 0. The number of hydrogen-bond acceptors (Lipinski definition) is 0. The molecule has 1 radical (unpaired) electrons. The van der Waals surface area contributed by atoms with Crippen molar-refractivity contribution >= 4 is 0 Å². The van der Waals surface area contributed by atoms with Crippen molar-refractivity contribution < 1.29 is 39.5 Å². The van der Waals surface area contributed by atoms with E-state index < -0.39 is 41.3 Å². The van der Waals surface area contributed by atoms with Crippen molar-refractivity contribution in [1.82, 2.24) is 0 Å². The van der Waals surface area contributed by atoms with Gasteiger partial charge in [-0.05, 0) is 18.2 Å². The molecule has 0 saturated heterocycles. The Bertz CT molecular complexity index is 435. The lowest BCUT2D eigenvalue weighted by atomic mass is 10.0. The molecular weight excluding hydrogens is 279 g/mol. The standard InChI is InChI=1S/C9H2F9/c10-7(11,12)4-1-2-5(8(13,14)15)6(3-4)9(16,17)18/h1,3H. The van der Waals surface area contributed by atoms with Gasteiger partial charge in [0, 0.05) is 0 Å². The molecule has 0 spiro atoms. The first-order valence-electron chi connectivity index (χ1n) is 4.11. The van der Waals surface area contributed by atoms with E-state index in [4.69, 9.17) is 0 Å². The lowest BCUT2D eigenvalue weighted by Crippen LogP contribution is -2.18. The molecule has 0 aliphatic carbocycles. The second kappa shape index (κ2) is 4.06. The molecule has 0 fully saturated rings. The molecule has 101 valence electrons. The Hall–Kier alpha value is -1.41. The maximum atomic E-state index is 12.3. The lowest BCUT2D eigenvalue weighted by Gasteiger charge is -2.17. The van der Waals surface area contributed by atoms with Crippen LogP contribution in [0.1, 0.15) is 16.7 Å². The van der Waals surface area contributed by atoms with E-state index in [1.165, 1.54) is 0 Å². The van der Waals surface area contributed by atoms with Crippen LogP contribution in [-0.2, 0) is 18.5 Å². The molecule has 0 amide bonds. The largest absolute Gasteiger partial charge is 0.417 e. The highest BCUT2D eigenvalue weighted by Crippen LogP contribution is 2.42. The van der Waals surface area contributed by atoms with E-state index in [1.54, 1.807) is 0 Å². The third-order valence-electron chi connectivity index (χ3n) is 1.86. The molecule has 0 N–H and O–H groups in total. The lowest BCUT2D eigenvalue weighted by molar-refractivity contribution is -0.163. The summed E-state index contributed by atoms with van der Waals surface area (Å²) in [5.74, 6) is 0. The van der Waals surface area contributed by atoms with Crippen LogP contribution in [0.5, 0.6) is 0 Å². The summed E-state index contributed by atoms with van der Waals surface area (Å²) < 4.78 is 110. The molecule has 0 unspecified atom stereocenters. The predicted molar refractivity (Wildman–Crippen MR) is 40.3 cm³/mol. The highest BCUT2D eigenvalue weighted by molar-refractivity contribution is 5.36. The van der Waals surface area contributed by atoms with Crippen LogP contribution >= 0.6 is 0 Å². The molecule has 0 atom stereocenters. The Kier molecular flexibility index (Phi) is 3.30. The number of alkyl halides is 9. The van der Waals surface area contributed by atoms with Gasteiger partial charge in [-0.25, -0.2) is 0 Å². The molecular formula is C9H2F9. The minimum Gasteiger partial charge on any atom is -0.166 e. The van der Waals surface area contributed by atoms with Gasteiger partial charge in [-0.2, -0.15) is 39.5 Å². The van der Waals surface area contributed by atoms with Crippen molar-refractivity contribution in [2.75, 3.05) is 0 Å². The zero-order chi connectivity index (χ0) is 14.4. The summed E-state index contributed by atoms with van der Waals surface area (Å²) in [6, 6.07) is 0.241. The fourth-order valence-electron chi connectivity index (χ4n) is 1.12. The molecule has 9 heteroatoms. The van der Waals surface area contributed by atoms with Crippen LogP contribution < -0.4 is 0 Å². The molecule has 1 aromatic rings. The average Bonchev–Trinajstić information content (AvgIpc) is 2.12. The molecule has 0 heterocycles. The van der Waals surface area contributed by atoms with Gasteiger partial charge >= 0.3 is 18.5 Å². The van der Waals surface area contributed by atoms with E-state index in [0.717, 1.165) is 6.07 Å². The highest BCUT2D eigenvalue weighted by atomic mass is 19.4. The molecule has 0 aliphatic rings. The van der Waals surface area contributed by atoms with E-state index in [2.05, 4.69) is 0 Å². The second-order valence-corrected chi connectivity index (χ2v) is 3.17. The Morgan fingerprint density at radius 3 is 1.56 bits per heavy atom. The third kappa shape index (κ3) is 3.08. The van der Waals surface area contributed by atoms with Crippen molar-refractivity contribution in [2.45, 2.75) is 18.5 Å². The van der Waals surface area contributed by atoms with Gasteiger partial charge in [0.2, 0.25) is 0 Å². The number of benzene rings is 1. The van der Waals surface area contributed by atoms with Gasteiger partial charge in [0.1, 0.15) is 0 Å². The Morgan fingerprint density at radius 2 is 1.22 bits per heavy atom. The van der Waals surface area contributed by atoms with E-state index in [9.17, 15) is 39.5 Å². The first-order chi connectivity index (χ1) is 7.83. The van der Waals surface area contributed by atoms with E-state index in [0.29, 0.717) is 0 Å². The number of rotatable bonds is 0. The normalized spacial score (nSPS) is 13.8. The van der Waals surface area contributed by atoms with Crippen molar-refractivity contribution in [3.05, 3.63) is 34.9 Å². The maximum Gasteiger partial charge on any atom is 0.417 e. The molecule has 0 nitrogen and oxygen atoms in total. The fourth-order valence-corrected chi connectivity index (χ4v) is 1.12. The van der Waals surface area contributed by atoms with Crippen molar-refractivity contribution in [2.24, 2.45) is 0 Å². The van der Waals surface area contributed by atoms with Gasteiger partial charge in [0.25, 0.3) is 0 Å². The molecule has 0 aliphatic heterocycles. The maximum absolute atomic E-state index is 12.3. The Labute approximate surface area is 94.0 Å². The van der Waals surface area contributed by atoms with Crippen LogP contribution in [0.3, 0.4) is 0 Å². The zero-order valence-corrected chi connectivity index (χ0v) is 8.06. The first-order valence-corrected chi connectivity index (χ1v) is 4.11. The van der Waals surface area contributed by atoms with Crippen molar-refractivity contribution in [3.63, 3.8) is 0 Å². The van der Waals surface area contributed by atoms with Gasteiger partial charge in [-0.15, -0.1) is 0 Å². The van der Waals surface area contributed by atoms with Gasteiger partial charge in [-0.1, -0.05) is 0 Å². The summed E-state index contributed by atoms with van der Waals surface area (Å²) in [4.78, 5) is 0. The topological polar surface area (TPSA) is 0 Å². The predicted octanol–water partition coefficient (Wildman–Crippen LogP) is 4.54. The molecule has 0 aromatic heterocycles. The number of halogens is 9. The van der Waals surface area contributed by atoms with E-state index in [-0.39, 0.29) is 6.07 Å². The zero-order valence-electron chi connectivity index (χ0n) is 8.06. The van der Waals surface area contributed by atoms with Crippen LogP contribution in [0.2, 0.25) is 0 Å². The second-order valence-electron chi connectivity index (χ2n) is 3.17. The van der Waals surface area contributed by atoms with Gasteiger partial charge in [0.15, 0.2) is 0 Å². The molecule has 1 aromatic carbocycles. The molecule has 0 bridgehead atoms. The monoisotopic (exact) mass is 281 g/mol. The van der Waals surface area contributed by atoms with Crippen LogP contribution in [0.4, 0.5) is 39.5 Å². The van der Waals surface area contributed by atoms with Crippen LogP contribution in [0, 0.1) is 6.07 Å². The quantitative estimate of drug-likeness (QED) is 0.612. The molecule has 18 heavy (non-hydrogen) atoms.